The van der Waals surface area contributed by atoms with Gasteiger partial charge in [0.2, 0.25) is 0 Å². The molecule has 1 unspecified atom stereocenters. The highest BCUT2D eigenvalue weighted by molar-refractivity contribution is 5.70. The van der Waals surface area contributed by atoms with Gasteiger partial charge in [0.05, 0.1) is 19.1 Å². The Kier molecular flexibility index (Phi) is 7.34. The quantitative estimate of drug-likeness (QED) is 0.652. The van der Waals surface area contributed by atoms with Crippen LogP contribution >= 0.6 is 0 Å². The topological polar surface area (TPSA) is 55.8 Å². The van der Waals surface area contributed by atoms with Crippen molar-refractivity contribution >= 4 is 5.97 Å². The normalized spacial score (nSPS) is 13.8. The van der Waals surface area contributed by atoms with E-state index in [1.54, 1.807) is 7.11 Å². The van der Waals surface area contributed by atoms with Crippen molar-refractivity contribution in [2.24, 2.45) is 11.3 Å². The average Bonchev–Trinajstić information content (AvgIpc) is 2.13. The maximum Gasteiger partial charge on any atom is 0.307 e. The summed E-state index contributed by atoms with van der Waals surface area (Å²) >= 11 is 0. The number of hydrogen-bond acceptors (Lipinski definition) is 3. The molecule has 0 aliphatic rings. The van der Waals surface area contributed by atoms with Crippen molar-refractivity contribution in [2.75, 3.05) is 26.9 Å². The van der Waals surface area contributed by atoms with Gasteiger partial charge in [-0.25, -0.2) is 0 Å². The third kappa shape index (κ3) is 6.80. The highest BCUT2D eigenvalue weighted by Crippen LogP contribution is 2.29. The molecule has 0 saturated heterocycles. The summed E-state index contributed by atoms with van der Waals surface area (Å²) in [4.78, 5) is 11.1. The number of aliphatic carboxylic acids is 1. The number of hydrogen-bond donors (Lipinski definition) is 1. The fourth-order valence-corrected chi connectivity index (χ4v) is 1.56. The Morgan fingerprint density at radius 3 is 2.31 bits per heavy atom. The molecule has 1 atom stereocenters. The van der Waals surface area contributed by atoms with Gasteiger partial charge in [-0.2, -0.15) is 0 Å². The van der Waals surface area contributed by atoms with Crippen LogP contribution in [0.15, 0.2) is 0 Å². The van der Waals surface area contributed by atoms with Crippen LogP contribution in [0.4, 0.5) is 0 Å². The lowest BCUT2D eigenvalue weighted by Crippen LogP contribution is -2.28. The summed E-state index contributed by atoms with van der Waals surface area (Å²) in [6, 6.07) is 0. The van der Waals surface area contributed by atoms with Crippen LogP contribution in [-0.4, -0.2) is 38.0 Å². The lowest BCUT2D eigenvalue weighted by molar-refractivity contribution is -0.145. The van der Waals surface area contributed by atoms with E-state index in [9.17, 15) is 4.79 Å². The maximum absolute atomic E-state index is 11.1. The second-order valence-electron chi connectivity index (χ2n) is 5.00. The van der Waals surface area contributed by atoms with Crippen LogP contribution in [0.1, 0.15) is 33.6 Å². The molecule has 0 spiro atoms. The van der Waals surface area contributed by atoms with E-state index < -0.39 is 5.97 Å². The number of carbonyl (C=O) groups is 1. The fraction of sp³-hybridized carbons (Fsp3) is 0.917. The summed E-state index contributed by atoms with van der Waals surface area (Å²) in [6.07, 6.45) is 1.43. The van der Waals surface area contributed by atoms with E-state index in [0.29, 0.717) is 26.2 Å². The number of carboxylic acid groups (broad SMARTS) is 1. The van der Waals surface area contributed by atoms with Crippen molar-refractivity contribution in [2.45, 2.75) is 33.6 Å². The second kappa shape index (κ2) is 7.63. The Balaban J connectivity index is 3.75. The Hall–Kier alpha value is -0.610. The van der Waals surface area contributed by atoms with E-state index in [1.165, 1.54) is 0 Å². The van der Waals surface area contributed by atoms with Crippen LogP contribution in [0.3, 0.4) is 0 Å². The molecule has 0 aromatic carbocycles. The molecule has 0 aromatic rings. The van der Waals surface area contributed by atoms with Gasteiger partial charge in [-0.05, 0) is 18.3 Å². The summed E-state index contributed by atoms with van der Waals surface area (Å²) in [5.74, 6) is -1.03. The predicted molar refractivity (Wildman–Crippen MR) is 62.5 cm³/mol. The highest BCUT2D eigenvalue weighted by atomic mass is 16.5. The van der Waals surface area contributed by atoms with Crippen LogP contribution < -0.4 is 0 Å². The SMILES string of the molecule is COCCOCCCC(C(=O)O)C(C)(C)C. The molecule has 0 aliphatic heterocycles. The summed E-state index contributed by atoms with van der Waals surface area (Å²) in [5, 5.41) is 9.09. The molecule has 0 aliphatic carbocycles. The first kappa shape index (κ1) is 15.4. The van der Waals surface area contributed by atoms with Crippen LogP contribution in [-0.2, 0) is 14.3 Å². The molecule has 0 heterocycles. The van der Waals surface area contributed by atoms with Gasteiger partial charge in [-0.1, -0.05) is 20.8 Å². The van der Waals surface area contributed by atoms with Gasteiger partial charge in [-0.3, -0.25) is 4.79 Å². The Bertz CT molecular complexity index is 196. The molecule has 96 valence electrons. The fourth-order valence-electron chi connectivity index (χ4n) is 1.56. The largest absolute Gasteiger partial charge is 0.481 e. The third-order valence-electron chi connectivity index (χ3n) is 2.56. The molecule has 0 radical (unpaired) electrons. The third-order valence-corrected chi connectivity index (χ3v) is 2.56. The molecule has 4 nitrogen and oxygen atoms in total. The zero-order chi connectivity index (χ0) is 12.6. The molecule has 0 fully saturated rings. The number of carboxylic acids is 1. The molecule has 0 bridgehead atoms. The molecule has 16 heavy (non-hydrogen) atoms. The standard InChI is InChI=1S/C12H24O4/c1-12(2,3)10(11(13)14)6-5-7-16-9-8-15-4/h10H,5-9H2,1-4H3,(H,13,14). The second-order valence-corrected chi connectivity index (χ2v) is 5.00. The van der Waals surface area contributed by atoms with Crippen LogP contribution in [0.5, 0.6) is 0 Å². The van der Waals surface area contributed by atoms with Crippen LogP contribution in [0.2, 0.25) is 0 Å². The van der Waals surface area contributed by atoms with E-state index in [4.69, 9.17) is 14.6 Å². The van der Waals surface area contributed by atoms with Crippen molar-refractivity contribution in [1.82, 2.24) is 0 Å². The van der Waals surface area contributed by atoms with Gasteiger partial charge in [-0.15, -0.1) is 0 Å². The first-order chi connectivity index (χ1) is 7.39. The monoisotopic (exact) mass is 232 g/mol. The number of ether oxygens (including phenoxy) is 2. The van der Waals surface area contributed by atoms with Crippen molar-refractivity contribution in [3.8, 4) is 0 Å². The van der Waals surface area contributed by atoms with Crippen LogP contribution in [0.25, 0.3) is 0 Å². The van der Waals surface area contributed by atoms with Gasteiger partial charge < -0.3 is 14.6 Å². The number of methoxy groups -OCH3 is 1. The van der Waals surface area contributed by atoms with Gasteiger partial charge in [0.15, 0.2) is 0 Å². The zero-order valence-corrected chi connectivity index (χ0v) is 10.8. The van der Waals surface area contributed by atoms with Crippen molar-refractivity contribution in [3.63, 3.8) is 0 Å². The van der Waals surface area contributed by atoms with E-state index in [0.717, 1.165) is 6.42 Å². The minimum atomic E-state index is -0.718. The Morgan fingerprint density at radius 1 is 1.25 bits per heavy atom. The summed E-state index contributed by atoms with van der Waals surface area (Å²) < 4.78 is 10.1. The van der Waals surface area contributed by atoms with Gasteiger partial charge >= 0.3 is 5.97 Å². The summed E-state index contributed by atoms with van der Waals surface area (Å²) in [5.41, 5.74) is -0.196. The van der Waals surface area contributed by atoms with Gasteiger partial charge in [0, 0.05) is 13.7 Å². The maximum atomic E-state index is 11.1. The van der Waals surface area contributed by atoms with Gasteiger partial charge in [0.1, 0.15) is 0 Å². The summed E-state index contributed by atoms with van der Waals surface area (Å²) in [7, 11) is 1.63. The van der Waals surface area contributed by atoms with Crippen molar-refractivity contribution in [3.05, 3.63) is 0 Å². The molecule has 1 N–H and O–H groups in total. The molecule has 0 aromatic heterocycles. The zero-order valence-electron chi connectivity index (χ0n) is 10.8. The molecule has 4 heteroatoms. The lowest BCUT2D eigenvalue weighted by Gasteiger charge is -2.26. The molecule has 0 saturated carbocycles. The first-order valence-electron chi connectivity index (χ1n) is 5.69. The highest BCUT2D eigenvalue weighted by Gasteiger charge is 2.30. The minimum Gasteiger partial charge on any atom is -0.481 e. The predicted octanol–water partition coefficient (Wildman–Crippen LogP) is 2.18. The summed E-state index contributed by atoms with van der Waals surface area (Å²) in [6.45, 7) is 7.63. The molecular weight excluding hydrogens is 208 g/mol. The molecular formula is C12H24O4. The van der Waals surface area contributed by atoms with Crippen molar-refractivity contribution < 1.29 is 19.4 Å². The first-order valence-corrected chi connectivity index (χ1v) is 5.69. The van der Waals surface area contributed by atoms with E-state index in [1.807, 2.05) is 20.8 Å². The Morgan fingerprint density at radius 2 is 1.88 bits per heavy atom. The van der Waals surface area contributed by atoms with Crippen LogP contribution in [0, 0.1) is 11.3 Å². The van der Waals surface area contributed by atoms with Crippen molar-refractivity contribution in [1.29, 1.82) is 0 Å². The lowest BCUT2D eigenvalue weighted by atomic mass is 9.78. The van der Waals surface area contributed by atoms with E-state index in [2.05, 4.69) is 0 Å². The minimum absolute atomic E-state index is 0.196. The molecule has 0 amide bonds. The van der Waals surface area contributed by atoms with Gasteiger partial charge in [0.25, 0.3) is 0 Å². The average molecular weight is 232 g/mol. The van der Waals surface area contributed by atoms with E-state index >= 15 is 0 Å². The number of rotatable bonds is 8. The molecule has 0 rings (SSSR count). The Labute approximate surface area is 97.9 Å². The van der Waals surface area contributed by atoms with E-state index in [-0.39, 0.29) is 11.3 Å². The smallest absolute Gasteiger partial charge is 0.307 e.